The van der Waals surface area contributed by atoms with Gasteiger partial charge in [-0.25, -0.2) is 0 Å². The molecule has 0 fully saturated rings. The number of fused-ring (bicyclic) bond motifs is 3. The number of nitrogens with one attached hydrogen (secondary N) is 1. The molecule has 20 heavy (non-hydrogen) atoms. The lowest BCUT2D eigenvalue weighted by Gasteiger charge is -2.19. The zero-order valence-corrected chi connectivity index (χ0v) is 13.1. The Morgan fingerprint density at radius 1 is 1.45 bits per heavy atom. The van der Waals surface area contributed by atoms with Crippen LogP contribution in [0.5, 0.6) is 5.75 Å². The summed E-state index contributed by atoms with van der Waals surface area (Å²) in [5, 5.41) is 2.98. The second kappa shape index (κ2) is 4.64. The predicted octanol–water partition coefficient (Wildman–Crippen LogP) is 2.47. The smallest absolute Gasteiger partial charge is 0.234 e. The van der Waals surface area contributed by atoms with Gasteiger partial charge in [-0.3, -0.25) is 4.79 Å². The summed E-state index contributed by atoms with van der Waals surface area (Å²) >= 11 is 0. The van der Waals surface area contributed by atoms with Crippen LogP contribution < -0.4 is 15.8 Å². The minimum Gasteiger partial charge on any atom is -0.488 e. The van der Waals surface area contributed by atoms with Gasteiger partial charge in [-0.1, -0.05) is 6.92 Å². The number of nitrogens with two attached hydrogens (primary N) is 1. The molecule has 1 aromatic carbocycles. The van der Waals surface area contributed by atoms with Crippen LogP contribution >= 0.6 is 12.4 Å². The average molecular weight is 297 g/mol. The molecule has 0 spiro atoms. The molecule has 1 aromatic rings. The van der Waals surface area contributed by atoms with Gasteiger partial charge >= 0.3 is 0 Å². The molecule has 2 aliphatic heterocycles. The van der Waals surface area contributed by atoms with Crippen LogP contribution in [0.3, 0.4) is 0 Å². The number of aryl methyl sites for hydroxylation is 1. The number of carbonyl (C=O) groups excluding carboxylic acids is 1. The van der Waals surface area contributed by atoms with Crippen molar-refractivity contribution in [3.8, 4) is 5.75 Å². The molecule has 2 aliphatic rings. The van der Waals surface area contributed by atoms with E-state index in [1.165, 1.54) is 5.56 Å². The summed E-state index contributed by atoms with van der Waals surface area (Å²) in [6.07, 6.45) is 0.00685. The summed E-state index contributed by atoms with van der Waals surface area (Å²) in [5.41, 5.74) is 9.41. The van der Waals surface area contributed by atoms with E-state index in [1.807, 2.05) is 20.8 Å². The lowest BCUT2D eigenvalue weighted by Crippen LogP contribution is -2.29. The molecule has 2 heterocycles. The topological polar surface area (TPSA) is 64.3 Å². The summed E-state index contributed by atoms with van der Waals surface area (Å²) in [6, 6.07) is 2.12. The first-order chi connectivity index (χ1) is 8.87. The molecule has 110 valence electrons. The molecule has 0 aromatic heterocycles. The van der Waals surface area contributed by atoms with E-state index in [9.17, 15) is 4.79 Å². The number of halogens is 1. The zero-order valence-electron chi connectivity index (χ0n) is 12.2. The number of ether oxygens (including phenoxy) is 1. The maximum atomic E-state index is 12.1. The molecule has 3 N–H and O–H groups in total. The second-order valence-electron chi connectivity index (χ2n) is 6.12. The Morgan fingerprint density at radius 3 is 2.70 bits per heavy atom. The Labute approximate surface area is 125 Å². The van der Waals surface area contributed by atoms with Gasteiger partial charge in [0.1, 0.15) is 11.9 Å². The molecular weight excluding hydrogens is 276 g/mol. The largest absolute Gasteiger partial charge is 0.488 e. The van der Waals surface area contributed by atoms with Crippen molar-refractivity contribution in [2.24, 2.45) is 5.73 Å². The normalized spacial score (nSPS) is 25.4. The maximum absolute atomic E-state index is 12.1. The van der Waals surface area contributed by atoms with Crippen molar-refractivity contribution in [2.45, 2.75) is 45.1 Å². The van der Waals surface area contributed by atoms with Crippen LogP contribution in [-0.4, -0.2) is 18.6 Å². The van der Waals surface area contributed by atoms with Crippen molar-refractivity contribution in [1.82, 2.24) is 0 Å². The highest BCUT2D eigenvalue weighted by Crippen LogP contribution is 2.51. The zero-order chi connectivity index (χ0) is 13.9. The van der Waals surface area contributed by atoms with E-state index in [-0.39, 0.29) is 30.3 Å². The van der Waals surface area contributed by atoms with Gasteiger partial charge < -0.3 is 15.8 Å². The SMILES string of the molecule is Cc1cc2c(c3c1NC(=O)C3(C)C)O[C@@H](CN)[C@@H]2C.Cl. The molecular formula is C15H21ClN2O2. The fourth-order valence-electron chi connectivity index (χ4n) is 3.14. The molecule has 0 bridgehead atoms. The number of anilines is 1. The number of benzene rings is 1. The van der Waals surface area contributed by atoms with Crippen LogP contribution in [0.15, 0.2) is 6.07 Å². The second-order valence-corrected chi connectivity index (χ2v) is 6.12. The van der Waals surface area contributed by atoms with E-state index < -0.39 is 5.41 Å². The van der Waals surface area contributed by atoms with Crippen LogP contribution in [-0.2, 0) is 10.2 Å². The molecule has 0 saturated carbocycles. The first kappa shape index (κ1) is 15.1. The van der Waals surface area contributed by atoms with E-state index in [4.69, 9.17) is 10.5 Å². The Kier molecular flexibility index (Phi) is 3.51. The number of hydrogen-bond donors (Lipinski definition) is 2. The Morgan fingerprint density at radius 2 is 2.10 bits per heavy atom. The van der Waals surface area contributed by atoms with Crippen molar-refractivity contribution in [3.63, 3.8) is 0 Å². The fraction of sp³-hybridized carbons (Fsp3) is 0.533. The highest BCUT2D eigenvalue weighted by Gasteiger charge is 2.45. The van der Waals surface area contributed by atoms with Crippen LogP contribution in [0, 0.1) is 6.92 Å². The van der Waals surface area contributed by atoms with Crippen LogP contribution in [0.4, 0.5) is 5.69 Å². The number of carbonyl (C=O) groups is 1. The molecule has 2 atom stereocenters. The maximum Gasteiger partial charge on any atom is 0.234 e. The fourth-order valence-corrected chi connectivity index (χ4v) is 3.14. The highest BCUT2D eigenvalue weighted by atomic mass is 35.5. The van der Waals surface area contributed by atoms with Gasteiger partial charge in [0.15, 0.2) is 0 Å². The van der Waals surface area contributed by atoms with Gasteiger partial charge in [-0.05, 0) is 32.4 Å². The van der Waals surface area contributed by atoms with E-state index >= 15 is 0 Å². The van der Waals surface area contributed by atoms with Crippen LogP contribution in [0.1, 0.15) is 43.4 Å². The molecule has 0 radical (unpaired) electrons. The van der Waals surface area contributed by atoms with Gasteiger partial charge in [0.25, 0.3) is 0 Å². The van der Waals surface area contributed by atoms with E-state index in [0.29, 0.717) is 6.54 Å². The van der Waals surface area contributed by atoms with Crippen molar-refractivity contribution in [2.75, 3.05) is 11.9 Å². The van der Waals surface area contributed by atoms with Crippen LogP contribution in [0.2, 0.25) is 0 Å². The van der Waals surface area contributed by atoms with E-state index in [1.54, 1.807) is 0 Å². The van der Waals surface area contributed by atoms with Gasteiger partial charge in [-0.2, -0.15) is 0 Å². The van der Waals surface area contributed by atoms with Gasteiger partial charge in [-0.15, -0.1) is 12.4 Å². The van der Waals surface area contributed by atoms with Gasteiger partial charge in [0.05, 0.1) is 11.1 Å². The number of hydrogen-bond acceptors (Lipinski definition) is 3. The summed E-state index contributed by atoms with van der Waals surface area (Å²) in [4.78, 5) is 12.1. The molecule has 5 heteroatoms. The Balaban J connectivity index is 0.00000147. The monoisotopic (exact) mass is 296 g/mol. The highest BCUT2D eigenvalue weighted by molar-refractivity contribution is 6.07. The summed E-state index contributed by atoms with van der Waals surface area (Å²) < 4.78 is 6.03. The number of rotatable bonds is 1. The van der Waals surface area contributed by atoms with E-state index in [2.05, 4.69) is 18.3 Å². The summed E-state index contributed by atoms with van der Waals surface area (Å²) in [7, 11) is 0. The molecule has 0 saturated heterocycles. The quantitative estimate of drug-likeness (QED) is 0.837. The van der Waals surface area contributed by atoms with Gasteiger partial charge in [0.2, 0.25) is 5.91 Å². The van der Waals surface area contributed by atoms with Crippen LogP contribution in [0.25, 0.3) is 0 Å². The lowest BCUT2D eigenvalue weighted by molar-refractivity contribution is -0.119. The van der Waals surface area contributed by atoms with E-state index in [0.717, 1.165) is 22.6 Å². The predicted molar refractivity (Wildman–Crippen MR) is 82.0 cm³/mol. The Hall–Kier alpha value is -1.26. The third-order valence-corrected chi connectivity index (χ3v) is 4.49. The third kappa shape index (κ3) is 1.75. The molecule has 3 rings (SSSR count). The average Bonchev–Trinajstić information content (AvgIpc) is 2.78. The van der Waals surface area contributed by atoms with Crippen molar-refractivity contribution in [1.29, 1.82) is 0 Å². The number of amides is 1. The first-order valence-electron chi connectivity index (χ1n) is 6.74. The minimum atomic E-state index is -0.547. The standard InChI is InChI=1S/C15H20N2O2.ClH/c1-7-5-9-8(2)10(6-16)19-13(9)11-12(7)17-14(18)15(11,3)4;/h5,8,10H,6,16H2,1-4H3,(H,17,18);1H/t8-,10+;/m1./s1. The van der Waals surface area contributed by atoms with Crippen molar-refractivity contribution in [3.05, 3.63) is 22.8 Å². The third-order valence-electron chi connectivity index (χ3n) is 4.49. The molecule has 1 amide bonds. The molecule has 4 nitrogen and oxygen atoms in total. The molecule has 0 unspecified atom stereocenters. The Bertz CT molecular complexity index is 584. The molecule has 0 aliphatic carbocycles. The minimum absolute atomic E-state index is 0. The summed E-state index contributed by atoms with van der Waals surface area (Å²) in [5.74, 6) is 1.17. The summed E-state index contributed by atoms with van der Waals surface area (Å²) in [6.45, 7) is 8.54. The van der Waals surface area contributed by atoms with Crippen molar-refractivity contribution >= 4 is 24.0 Å². The lowest BCUT2D eigenvalue weighted by atomic mass is 9.82. The van der Waals surface area contributed by atoms with Crippen molar-refractivity contribution < 1.29 is 9.53 Å². The first-order valence-corrected chi connectivity index (χ1v) is 6.74. The van der Waals surface area contributed by atoms with Gasteiger partial charge in [0, 0.05) is 23.6 Å².